The normalized spacial score (nSPS) is 10.3. The van der Waals surface area contributed by atoms with Crippen LogP contribution in [0.2, 0.25) is 0 Å². The monoisotopic (exact) mass is 293 g/mol. The number of nitrogens with zero attached hydrogens (tertiary/aromatic N) is 1. The molecule has 0 spiro atoms. The Labute approximate surface area is 108 Å². The third kappa shape index (κ3) is 2.42. The van der Waals surface area contributed by atoms with Crippen molar-refractivity contribution in [2.45, 2.75) is 0 Å². The largest absolute Gasteiger partial charge is 0.465 e. The number of esters is 1. The number of aromatic nitrogens is 1. The highest BCUT2D eigenvalue weighted by atomic mass is 79.9. The number of hydrogen-bond acceptors (Lipinski definition) is 2. The first-order valence-corrected chi connectivity index (χ1v) is 5.91. The van der Waals surface area contributed by atoms with Crippen LogP contribution in [0.15, 0.2) is 41.1 Å². The molecule has 0 aliphatic carbocycles. The van der Waals surface area contributed by atoms with Gasteiger partial charge in [0, 0.05) is 29.5 Å². The van der Waals surface area contributed by atoms with Crippen molar-refractivity contribution in [3.63, 3.8) is 0 Å². The van der Waals surface area contributed by atoms with E-state index in [0.29, 0.717) is 5.56 Å². The molecule has 0 aliphatic heterocycles. The summed E-state index contributed by atoms with van der Waals surface area (Å²) in [6.45, 7) is 0. The minimum Gasteiger partial charge on any atom is -0.465 e. The Morgan fingerprint density at radius 3 is 2.47 bits per heavy atom. The summed E-state index contributed by atoms with van der Waals surface area (Å²) in [4.78, 5) is 11.6. The second-order valence-corrected chi connectivity index (χ2v) is 4.67. The molecule has 0 fully saturated rings. The fraction of sp³-hybridized carbons (Fsp3) is 0.154. The van der Waals surface area contributed by atoms with Crippen LogP contribution in [0.4, 0.5) is 0 Å². The zero-order valence-corrected chi connectivity index (χ0v) is 11.2. The van der Waals surface area contributed by atoms with Gasteiger partial charge in [-0.2, -0.15) is 0 Å². The Balaban J connectivity index is 2.51. The van der Waals surface area contributed by atoms with Gasteiger partial charge in [-0.15, -0.1) is 0 Å². The lowest BCUT2D eigenvalue weighted by atomic mass is 10.1. The molecule has 0 bridgehead atoms. The number of benzene rings is 1. The van der Waals surface area contributed by atoms with E-state index in [2.05, 4.69) is 15.9 Å². The Morgan fingerprint density at radius 2 is 1.88 bits per heavy atom. The van der Waals surface area contributed by atoms with Gasteiger partial charge in [0.1, 0.15) is 0 Å². The van der Waals surface area contributed by atoms with E-state index in [1.165, 1.54) is 7.11 Å². The zero-order chi connectivity index (χ0) is 12.4. The quantitative estimate of drug-likeness (QED) is 0.796. The molecule has 0 radical (unpaired) electrons. The molecule has 3 nitrogen and oxygen atoms in total. The van der Waals surface area contributed by atoms with Crippen molar-refractivity contribution in [1.82, 2.24) is 4.57 Å². The third-order valence-electron chi connectivity index (χ3n) is 2.52. The Morgan fingerprint density at radius 1 is 1.24 bits per heavy atom. The van der Waals surface area contributed by atoms with Crippen LogP contribution in [0.1, 0.15) is 10.4 Å². The van der Waals surface area contributed by atoms with E-state index < -0.39 is 0 Å². The molecule has 0 atom stereocenters. The van der Waals surface area contributed by atoms with Crippen molar-refractivity contribution in [2.24, 2.45) is 7.05 Å². The molecule has 0 saturated heterocycles. The summed E-state index contributed by atoms with van der Waals surface area (Å²) in [5, 5.41) is 0. The predicted octanol–water partition coefficient (Wildman–Crippen LogP) is 3.24. The average molecular weight is 294 g/mol. The number of aryl methyl sites for hydroxylation is 1. The van der Waals surface area contributed by atoms with Crippen molar-refractivity contribution in [1.29, 1.82) is 0 Å². The number of carbonyl (C=O) groups is 1. The van der Waals surface area contributed by atoms with Crippen molar-refractivity contribution in [2.75, 3.05) is 7.11 Å². The van der Waals surface area contributed by atoms with Crippen LogP contribution in [0.25, 0.3) is 11.1 Å². The van der Waals surface area contributed by atoms with Gasteiger partial charge in [0.15, 0.2) is 0 Å². The number of ether oxygens (including phenoxy) is 1. The number of rotatable bonds is 2. The predicted molar refractivity (Wildman–Crippen MR) is 69.9 cm³/mol. The van der Waals surface area contributed by atoms with E-state index in [0.717, 1.165) is 15.6 Å². The first kappa shape index (κ1) is 11.9. The van der Waals surface area contributed by atoms with Gasteiger partial charge in [0.05, 0.1) is 12.7 Å². The fourth-order valence-corrected chi connectivity index (χ4v) is 1.98. The molecule has 0 aliphatic rings. The van der Waals surface area contributed by atoms with E-state index in [-0.39, 0.29) is 5.97 Å². The standard InChI is InChI=1S/C13H12BrNO2/c1-15-7-11(12(8-15)13(16)17-2)9-3-5-10(14)6-4-9/h3-8H,1-2H3. The maximum absolute atomic E-state index is 11.6. The molecule has 1 heterocycles. The van der Waals surface area contributed by atoms with Gasteiger partial charge in [-0.05, 0) is 17.7 Å². The Kier molecular flexibility index (Phi) is 3.33. The lowest BCUT2D eigenvalue weighted by Gasteiger charge is -2.02. The molecular formula is C13H12BrNO2. The summed E-state index contributed by atoms with van der Waals surface area (Å²) in [5.41, 5.74) is 2.46. The number of hydrogen-bond donors (Lipinski definition) is 0. The SMILES string of the molecule is COC(=O)c1cn(C)cc1-c1ccc(Br)cc1. The second-order valence-electron chi connectivity index (χ2n) is 3.75. The topological polar surface area (TPSA) is 31.2 Å². The highest BCUT2D eigenvalue weighted by Gasteiger charge is 2.15. The molecule has 0 amide bonds. The fourth-order valence-electron chi connectivity index (χ4n) is 1.72. The molecule has 0 N–H and O–H groups in total. The molecule has 17 heavy (non-hydrogen) atoms. The highest BCUT2D eigenvalue weighted by Crippen LogP contribution is 2.26. The molecule has 1 aromatic heterocycles. The maximum Gasteiger partial charge on any atom is 0.340 e. The molecule has 4 heteroatoms. The number of methoxy groups -OCH3 is 1. The van der Waals surface area contributed by atoms with Crippen molar-refractivity contribution < 1.29 is 9.53 Å². The summed E-state index contributed by atoms with van der Waals surface area (Å²) in [6.07, 6.45) is 3.68. The van der Waals surface area contributed by atoms with Gasteiger partial charge in [-0.1, -0.05) is 28.1 Å². The van der Waals surface area contributed by atoms with Crippen molar-refractivity contribution in [3.05, 3.63) is 46.7 Å². The van der Waals surface area contributed by atoms with E-state index in [1.54, 1.807) is 6.20 Å². The van der Waals surface area contributed by atoms with Crippen LogP contribution in [-0.4, -0.2) is 17.6 Å². The first-order valence-electron chi connectivity index (χ1n) is 5.12. The summed E-state index contributed by atoms with van der Waals surface area (Å²) in [7, 11) is 3.27. The van der Waals surface area contributed by atoms with E-state index in [4.69, 9.17) is 4.74 Å². The second kappa shape index (κ2) is 4.75. The van der Waals surface area contributed by atoms with Crippen LogP contribution in [0.3, 0.4) is 0 Å². The van der Waals surface area contributed by atoms with Gasteiger partial charge in [-0.3, -0.25) is 0 Å². The van der Waals surface area contributed by atoms with Crippen LogP contribution < -0.4 is 0 Å². The van der Waals surface area contributed by atoms with Crippen molar-refractivity contribution >= 4 is 21.9 Å². The van der Waals surface area contributed by atoms with Crippen LogP contribution in [-0.2, 0) is 11.8 Å². The summed E-state index contributed by atoms with van der Waals surface area (Å²) >= 11 is 3.39. The smallest absolute Gasteiger partial charge is 0.340 e. The molecule has 2 aromatic rings. The Hall–Kier alpha value is -1.55. The van der Waals surface area contributed by atoms with Gasteiger partial charge in [-0.25, -0.2) is 4.79 Å². The Bertz CT molecular complexity index is 543. The highest BCUT2D eigenvalue weighted by molar-refractivity contribution is 9.10. The van der Waals surface area contributed by atoms with E-state index in [9.17, 15) is 4.79 Å². The number of carbonyl (C=O) groups excluding carboxylic acids is 1. The lowest BCUT2D eigenvalue weighted by molar-refractivity contribution is 0.0601. The van der Waals surface area contributed by atoms with Crippen LogP contribution in [0, 0.1) is 0 Å². The molecule has 1 aromatic carbocycles. The van der Waals surface area contributed by atoms with Crippen LogP contribution in [0.5, 0.6) is 0 Å². The third-order valence-corrected chi connectivity index (χ3v) is 3.04. The zero-order valence-electron chi connectivity index (χ0n) is 9.61. The van der Waals surface area contributed by atoms with E-state index in [1.807, 2.05) is 42.1 Å². The number of halogens is 1. The molecule has 0 saturated carbocycles. The van der Waals surface area contributed by atoms with Gasteiger partial charge >= 0.3 is 5.97 Å². The summed E-state index contributed by atoms with van der Waals surface area (Å²) < 4.78 is 7.64. The first-order chi connectivity index (χ1) is 8.11. The molecule has 2 rings (SSSR count). The minimum absolute atomic E-state index is 0.316. The minimum atomic E-state index is -0.316. The lowest BCUT2D eigenvalue weighted by Crippen LogP contribution is -2.01. The summed E-state index contributed by atoms with van der Waals surface area (Å²) in [5.74, 6) is -0.316. The summed E-state index contributed by atoms with van der Waals surface area (Å²) in [6, 6.07) is 7.82. The van der Waals surface area contributed by atoms with E-state index >= 15 is 0 Å². The van der Waals surface area contributed by atoms with Crippen molar-refractivity contribution in [3.8, 4) is 11.1 Å². The van der Waals surface area contributed by atoms with Gasteiger partial charge in [0.25, 0.3) is 0 Å². The molecular weight excluding hydrogens is 282 g/mol. The van der Waals surface area contributed by atoms with Gasteiger partial charge < -0.3 is 9.30 Å². The average Bonchev–Trinajstić information content (AvgIpc) is 2.71. The maximum atomic E-state index is 11.6. The van der Waals surface area contributed by atoms with Gasteiger partial charge in [0.2, 0.25) is 0 Å². The molecule has 0 unspecified atom stereocenters. The van der Waals surface area contributed by atoms with Crippen LogP contribution >= 0.6 is 15.9 Å². The molecule has 88 valence electrons.